The van der Waals surface area contributed by atoms with Crippen LogP contribution in [0.2, 0.25) is 0 Å². The molecule has 1 aliphatic rings. The molecule has 0 spiro atoms. The van der Waals surface area contributed by atoms with Crippen LogP contribution in [0.4, 0.5) is 0 Å². The number of methoxy groups -OCH3 is 1. The first-order valence-corrected chi connectivity index (χ1v) is 5.77. The second-order valence-corrected chi connectivity index (χ2v) is 4.50. The van der Waals surface area contributed by atoms with Gasteiger partial charge in [-0.1, -0.05) is 0 Å². The fraction of sp³-hybridized carbons (Fsp3) is 0.583. The molecule has 18 heavy (non-hydrogen) atoms. The lowest BCUT2D eigenvalue weighted by Crippen LogP contribution is -2.22. The molecule has 1 aromatic rings. The first-order chi connectivity index (χ1) is 8.51. The van der Waals surface area contributed by atoms with Crippen molar-refractivity contribution in [3.63, 3.8) is 0 Å². The smallest absolute Gasteiger partial charge is 0.341 e. The average molecular weight is 255 g/mol. The van der Waals surface area contributed by atoms with Gasteiger partial charge in [0.15, 0.2) is 0 Å². The van der Waals surface area contributed by atoms with Gasteiger partial charge in [0.05, 0.1) is 25.9 Å². The SMILES string of the molecule is COC(=O)c1cc(CN2CC(O)C(O)C2)oc1C. The van der Waals surface area contributed by atoms with Crippen LogP contribution in [-0.2, 0) is 11.3 Å². The Labute approximate surface area is 105 Å². The van der Waals surface area contributed by atoms with E-state index in [9.17, 15) is 15.0 Å². The molecule has 0 radical (unpaired) electrons. The molecule has 0 amide bonds. The lowest BCUT2D eigenvalue weighted by Gasteiger charge is -2.11. The third-order valence-electron chi connectivity index (χ3n) is 3.09. The predicted molar refractivity (Wildman–Crippen MR) is 62.1 cm³/mol. The van der Waals surface area contributed by atoms with Crippen LogP contribution in [-0.4, -0.2) is 53.5 Å². The van der Waals surface area contributed by atoms with Gasteiger partial charge >= 0.3 is 5.97 Å². The molecule has 2 rings (SSSR count). The van der Waals surface area contributed by atoms with E-state index in [2.05, 4.69) is 4.74 Å². The molecule has 0 aliphatic carbocycles. The minimum Gasteiger partial charge on any atom is -0.465 e. The number of likely N-dealkylation sites (tertiary alicyclic amines) is 1. The molecule has 1 aliphatic heterocycles. The highest BCUT2D eigenvalue weighted by Crippen LogP contribution is 2.19. The summed E-state index contributed by atoms with van der Waals surface area (Å²) >= 11 is 0. The highest BCUT2D eigenvalue weighted by atomic mass is 16.5. The van der Waals surface area contributed by atoms with Crippen molar-refractivity contribution in [1.82, 2.24) is 4.90 Å². The number of furan rings is 1. The van der Waals surface area contributed by atoms with E-state index in [4.69, 9.17) is 4.42 Å². The van der Waals surface area contributed by atoms with E-state index in [1.54, 1.807) is 13.0 Å². The summed E-state index contributed by atoms with van der Waals surface area (Å²) in [6.45, 7) is 2.94. The number of nitrogens with zero attached hydrogens (tertiary/aromatic N) is 1. The van der Waals surface area contributed by atoms with Crippen molar-refractivity contribution in [2.45, 2.75) is 25.7 Å². The Hall–Kier alpha value is -1.37. The predicted octanol–water partition coefficient (Wildman–Crippen LogP) is -0.0880. The van der Waals surface area contributed by atoms with Gasteiger partial charge in [0.25, 0.3) is 0 Å². The molecule has 0 saturated carbocycles. The van der Waals surface area contributed by atoms with E-state index >= 15 is 0 Å². The van der Waals surface area contributed by atoms with Crippen LogP contribution in [0.3, 0.4) is 0 Å². The van der Waals surface area contributed by atoms with Crippen LogP contribution in [0.15, 0.2) is 10.5 Å². The molecule has 2 unspecified atom stereocenters. The van der Waals surface area contributed by atoms with Crippen molar-refractivity contribution in [3.05, 3.63) is 23.2 Å². The molecule has 2 atom stereocenters. The molecule has 0 bridgehead atoms. The summed E-state index contributed by atoms with van der Waals surface area (Å²) in [5.74, 6) is 0.704. The van der Waals surface area contributed by atoms with Crippen molar-refractivity contribution >= 4 is 5.97 Å². The molecule has 2 N–H and O–H groups in total. The number of β-amino-alcohol motifs (C(OH)–C–C–N with tert-alkyl or cyclic N) is 2. The van der Waals surface area contributed by atoms with Gasteiger partial charge in [0.1, 0.15) is 17.1 Å². The Morgan fingerprint density at radius 3 is 2.67 bits per heavy atom. The van der Waals surface area contributed by atoms with Crippen LogP contribution in [0, 0.1) is 6.92 Å². The second kappa shape index (κ2) is 5.09. The highest BCUT2D eigenvalue weighted by Gasteiger charge is 2.30. The summed E-state index contributed by atoms with van der Waals surface area (Å²) in [5.41, 5.74) is 0.410. The Morgan fingerprint density at radius 2 is 2.11 bits per heavy atom. The third-order valence-corrected chi connectivity index (χ3v) is 3.09. The van der Waals surface area contributed by atoms with E-state index in [-0.39, 0.29) is 0 Å². The van der Waals surface area contributed by atoms with Crippen molar-refractivity contribution in [3.8, 4) is 0 Å². The number of carbonyl (C=O) groups is 1. The van der Waals surface area contributed by atoms with Crippen LogP contribution in [0.25, 0.3) is 0 Å². The number of carbonyl (C=O) groups excluding carboxylic acids is 1. The van der Waals surface area contributed by atoms with E-state index in [0.29, 0.717) is 36.7 Å². The number of aliphatic hydroxyl groups excluding tert-OH is 2. The summed E-state index contributed by atoms with van der Waals surface area (Å²) in [6.07, 6.45) is -1.44. The number of aryl methyl sites for hydroxylation is 1. The lowest BCUT2D eigenvalue weighted by atomic mass is 10.2. The summed E-state index contributed by atoms with van der Waals surface area (Å²) in [4.78, 5) is 13.3. The van der Waals surface area contributed by atoms with Gasteiger partial charge in [-0.15, -0.1) is 0 Å². The van der Waals surface area contributed by atoms with Gasteiger partial charge < -0.3 is 19.4 Å². The Kier molecular flexibility index (Phi) is 3.70. The van der Waals surface area contributed by atoms with Gasteiger partial charge in [-0.2, -0.15) is 0 Å². The minimum absolute atomic E-state index is 0.397. The minimum atomic E-state index is -0.721. The number of aliphatic hydroxyl groups is 2. The number of hydrogen-bond acceptors (Lipinski definition) is 6. The fourth-order valence-corrected chi connectivity index (χ4v) is 2.13. The summed E-state index contributed by atoms with van der Waals surface area (Å²) < 4.78 is 10.1. The third kappa shape index (κ3) is 2.55. The Balaban J connectivity index is 2.05. The maximum Gasteiger partial charge on any atom is 0.341 e. The normalized spacial score (nSPS) is 24.4. The Bertz CT molecular complexity index is 432. The molecule has 1 fully saturated rings. The first kappa shape index (κ1) is 13.1. The van der Waals surface area contributed by atoms with Crippen LogP contribution in [0.5, 0.6) is 0 Å². The van der Waals surface area contributed by atoms with Gasteiger partial charge in [-0.25, -0.2) is 4.79 Å². The zero-order valence-electron chi connectivity index (χ0n) is 10.4. The molecular weight excluding hydrogens is 238 g/mol. The van der Waals surface area contributed by atoms with Crippen LogP contribution >= 0.6 is 0 Å². The van der Waals surface area contributed by atoms with Gasteiger partial charge in [0, 0.05) is 13.1 Å². The lowest BCUT2D eigenvalue weighted by molar-refractivity contribution is 0.0572. The first-order valence-electron chi connectivity index (χ1n) is 5.77. The van der Waals surface area contributed by atoms with Crippen LogP contribution in [0.1, 0.15) is 21.9 Å². The largest absolute Gasteiger partial charge is 0.465 e. The van der Waals surface area contributed by atoms with Gasteiger partial charge in [-0.05, 0) is 13.0 Å². The summed E-state index contributed by atoms with van der Waals surface area (Å²) in [7, 11) is 1.32. The highest BCUT2D eigenvalue weighted by molar-refractivity contribution is 5.90. The maximum atomic E-state index is 11.4. The second-order valence-electron chi connectivity index (χ2n) is 4.50. The molecule has 6 heteroatoms. The monoisotopic (exact) mass is 255 g/mol. The van der Waals surface area contributed by atoms with E-state index in [0.717, 1.165) is 0 Å². The van der Waals surface area contributed by atoms with Crippen molar-refractivity contribution < 1.29 is 24.2 Å². The van der Waals surface area contributed by atoms with E-state index in [1.165, 1.54) is 7.11 Å². The Morgan fingerprint density at radius 1 is 1.50 bits per heavy atom. The number of esters is 1. The average Bonchev–Trinajstić information content (AvgIpc) is 2.82. The zero-order chi connectivity index (χ0) is 13.3. The molecule has 1 aromatic heterocycles. The van der Waals surface area contributed by atoms with E-state index < -0.39 is 18.2 Å². The van der Waals surface area contributed by atoms with Crippen LogP contribution < -0.4 is 0 Å². The molecule has 100 valence electrons. The van der Waals surface area contributed by atoms with Gasteiger partial charge in [0.2, 0.25) is 0 Å². The molecule has 6 nitrogen and oxygen atoms in total. The van der Waals surface area contributed by atoms with Crippen molar-refractivity contribution in [1.29, 1.82) is 0 Å². The number of hydrogen-bond donors (Lipinski definition) is 2. The summed E-state index contributed by atoms with van der Waals surface area (Å²) in [5, 5.41) is 18.9. The van der Waals surface area contributed by atoms with Gasteiger partial charge in [-0.3, -0.25) is 4.90 Å². The standard InChI is InChI=1S/C12H17NO5/c1-7-9(12(16)17-2)3-8(18-7)4-13-5-10(14)11(15)6-13/h3,10-11,14-15H,4-6H2,1-2H3. The quantitative estimate of drug-likeness (QED) is 0.735. The maximum absolute atomic E-state index is 11.4. The molecule has 2 heterocycles. The number of ether oxygens (including phenoxy) is 1. The van der Waals surface area contributed by atoms with Crippen molar-refractivity contribution in [2.24, 2.45) is 0 Å². The summed E-state index contributed by atoms with van der Waals surface area (Å²) in [6, 6.07) is 1.64. The molecule has 1 saturated heterocycles. The fourth-order valence-electron chi connectivity index (χ4n) is 2.13. The molecule has 0 aromatic carbocycles. The van der Waals surface area contributed by atoms with E-state index in [1.807, 2.05) is 4.90 Å². The molecular formula is C12H17NO5. The topological polar surface area (TPSA) is 83.1 Å². The number of rotatable bonds is 3. The van der Waals surface area contributed by atoms with Crippen molar-refractivity contribution in [2.75, 3.05) is 20.2 Å². The zero-order valence-corrected chi connectivity index (χ0v) is 10.4.